The Balaban J connectivity index is 0.000001000. The second-order valence-electron chi connectivity index (χ2n) is 1.76. The smallest absolute Gasteiger partial charge is 0.419 e. The molecule has 1 aromatic carbocycles. The van der Waals surface area contributed by atoms with Gasteiger partial charge in [-0.2, -0.15) is 6.07 Å². The maximum absolute atomic E-state index is 10.1. The van der Waals surface area contributed by atoms with Crippen molar-refractivity contribution in [2.45, 2.75) is 0 Å². The predicted octanol–water partition coefficient (Wildman–Crippen LogP) is 0.975. The Morgan fingerprint density at radius 2 is 2.27 bits per heavy atom. The van der Waals surface area contributed by atoms with Gasteiger partial charge in [0.2, 0.25) is 0 Å². The van der Waals surface area contributed by atoms with Crippen LogP contribution >= 0.6 is 0 Å². The largest absolute Gasteiger partial charge is 3.00 e. The second-order valence-corrected chi connectivity index (χ2v) is 1.76. The van der Waals surface area contributed by atoms with Crippen LogP contribution in [0.5, 0.6) is 0 Å². The minimum atomic E-state index is -0.531. The number of hydrogen-bond donors (Lipinski definition) is 1. The van der Waals surface area contributed by atoms with Crippen molar-refractivity contribution in [1.29, 1.82) is 0 Å². The number of benzene rings is 1. The predicted molar refractivity (Wildman–Crippen MR) is 36.3 cm³/mol. The van der Waals surface area contributed by atoms with E-state index in [1.54, 1.807) is 6.07 Å². The van der Waals surface area contributed by atoms with Crippen molar-refractivity contribution in [3.05, 3.63) is 34.4 Å². The first kappa shape index (κ1) is 10.5. The van der Waals surface area contributed by atoms with Crippen molar-refractivity contribution < 1.29 is 37.6 Å². The van der Waals surface area contributed by atoms with Crippen molar-refractivity contribution in [2.75, 3.05) is 5.73 Å². The summed E-state index contributed by atoms with van der Waals surface area (Å²) in [5.74, 6) is 0. The van der Waals surface area contributed by atoms with Gasteiger partial charge in [-0.15, -0.1) is 12.1 Å². The van der Waals surface area contributed by atoms with Gasteiger partial charge in [-0.25, -0.2) is 0 Å². The van der Waals surface area contributed by atoms with E-state index in [2.05, 4.69) is 6.07 Å². The number of nitro groups is 1. The molecule has 0 atom stereocenters. The molecule has 52 valence electrons. The molecule has 0 amide bonds. The molecule has 0 saturated carbocycles. The monoisotopic (exact) mass is 226 g/mol. The Bertz CT molecular complexity index is 265. The summed E-state index contributed by atoms with van der Waals surface area (Å²) in [6.45, 7) is 0. The van der Waals surface area contributed by atoms with Crippen LogP contribution in [0.2, 0.25) is 0 Å². The van der Waals surface area contributed by atoms with E-state index >= 15 is 0 Å². The van der Waals surface area contributed by atoms with Gasteiger partial charge in [-0.05, 0) is 0 Å². The van der Waals surface area contributed by atoms with Gasteiger partial charge < -0.3 is 5.73 Å². The Morgan fingerprint density at radius 1 is 1.64 bits per heavy atom. The molecule has 0 aliphatic carbocycles. The second kappa shape index (κ2) is 4.41. The van der Waals surface area contributed by atoms with Crippen molar-refractivity contribution in [3.63, 3.8) is 0 Å². The van der Waals surface area contributed by atoms with Gasteiger partial charge >= 0.3 is 32.7 Å². The van der Waals surface area contributed by atoms with Crippen molar-refractivity contribution in [2.24, 2.45) is 0 Å². The van der Waals surface area contributed by atoms with Crippen LogP contribution in [0.25, 0.3) is 0 Å². The summed E-state index contributed by atoms with van der Waals surface area (Å²) < 4.78 is 0. The van der Waals surface area contributed by atoms with E-state index in [1.165, 1.54) is 12.1 Å². The molecule has 0 aliphatic rings. The van der Waals surface area contributed by atoms with Crippen LogP contribution in [0.1, 0.15) is 0 Å². The Labute approximate surface area is 88.8 Å². The number of nitro benzene ring substituents is 1. The maximum atomic E-state index is 10.1. The van der Waals surface area contributed by atoms with Gasteiger partial charge in [0, 0.05) is 4.92 Å². The first-order valence-electron chi connectivity index (χ1n) is 2.62. The molecular formula is C6H5N2O2Y+2. The van der Waals surface area contributed by atoms with Gasteiger partial charge in [0.15, 0.2) is 5.69 Å². The Kier molecular flexibility index (Phi) is 4.22. The molecule has 11 heavy (non-hydrogen) atoms. The van der Waals surface area contributed by atoms with E-state index in [9.17, 15) is 10.1 Å². The molecule has 0 bridgehead atoms. The van der Waals surface area contributed by atoms with Gasteiger partial charge in [0.05, 0.1) is 0 Å². The van der Waals surface area contributed by atoms with Gasteiger partial charge in [-0.1, -0.05) is 11.8 Å². The average molecular weight is 226 g/mol. The molecule has 0 spiro atoms. The molecule has 0 aromatic heterocycles. The summed E-state index contributed by atoms with van der Waals surface area (Å²) in [6.07, 6.45) is 0. The van der Waals surface area contributed by atoms with E-state index in [0.717, 1.165) is 0 Å². The van der Waals surface area contributed by atoms with E-state index in [1.807, 2.05) is 0 Å². The first-order chi connectivity index (χ1) is 4.70. The van der Waals surface area contributed by atoms with Crippen LogP contribution in [-0.4, -0.2) is 4.92 Å². The number of nitrogen functional groups attached to an aromatic ring is 1. The fourth-order valence-electron chi connectivity index (χ4n) is 0.576. The summed E-state index contributed by atoms with van der Waals surface area (Å²) in [5, 5.41) is 10.1. The first-order valence-corrected chi connectivity index (χ1v) is 2.62. The minimum Gasteiger partial charge on any atom is -0.419 e. The fourth-order valence-corrected chi connectivity index (χ4v) is 0.576. The third-order valence-electron chi connectivity index (χ3n) is 1.01. The SMILES string of the molecule is Nc1cc[c-]c([N+](=O)[O-])c1.[Y+3]. The summed E-state index contributed by atoms with van der Waals surface area (Å²) in [5.41, 5.74) is 5.55. The number of anilines is 1. The standard InChI is InChI=1S/C6H5N2O2.Y/c7-5-2-1-3-6(4-5)8(9)10;/h1-2,4H,7H2;/q-1;+3. The third kappa shape index (κ3) is 2.95. The van der Waals surface area contributed by atoms with E-state index < -0.39 is 4.92 Å². The zero-order valence-electron chi connectivity index (χ0n) is 5.65. The number of rotatable bonds is 1. The van der Waals surface area contributed by atoms with E-state index in [-0.39, 0.29) is 38.4 Å². The number of nitrogens with two attached hydrogens (primary N) is 1. The zero-order valence-corrected chi connectivity index (χ0v) is 8.49. The third-order valence-corrected chi connectivity index (χ3v) is 1.01. The molecule has 5 heteroatoms. The molecule has 4 nitrogen and oxygen atoms in total. The Hall–Kier alpha value is -0.476. The van der Waals surface area contributed by atoms with Crippen LogP contribution < -0.4 is 5.73 Å². The summed E-state index contributed by atoms with van der Waals surface area (Å²) >= 11 is 0. The molecule has 1 aromatic rings. The molecule has 0 radical (unpaired) electrons. The number of non-ortho nitro benzene ring substituents is 1. The number of hydrogen-bond acceptors (Lipinski definition) is 3. The van der Waals surface area contributed by atoms with E-state index in [4.69, 9.17) is 5.73 Å². The molecule has 0 fully saturated rings. The van der Waals surface area contributed by atoms with Crippen LogP contribution in [0, 0.1) is 16.2 Å². The topological polar surface area (TPSA) is 69.2 Å². The van der Waals surface area contributed by atoms with Gasteiger partial charge in [-0.3, -0.25) is 10.1 Å². The van der Waals surface area contributed by atoms with Crippen LogP contribution in [0.15, 0.2) is 18.2 Å². The molecular weight excluding hydrogens is 221 g/mol. The van der Waals surface area contributed by atoms with E-state index in [0.29, 0.717) is 5.69 Å². The van der Waals surface area contributed by atoms with Crippen LogP contribution in [0.3, 0.4) is 0 Å². The molecule has 1 rings (SSSR count). The van der Waals surface area contributed by atoms with Gasteiger partial charge in [0.25, 0.3) is 0 Å². The summed E-state index contributed by atoms with van der Waals surface area (Å²) in [7, 11) is 0. The van der Waals surface area contributed by atoms with Crippen LogP contribution in [-0.2, 0) is 32.7 Å². The van der Waals surface area contributed by atoms with Gasteiger partial charge in [0.1, 0.15) is 0 Å². The average Bonchev–Trinajstić information content (AvgIpc) is 1.88. The molecule has 2 N–H and O–H groups in total. The summed E-state index contributed by atoms with van der Waals surface area (Å²) in [4.78, 5) is 9.54. The molecule has 0 saturated heterocycles. The minimum absolute atomic E-state index is 0. The Morgan fingerprint density at radius 3 is 2.64 bits per heavy atom. The number of nitrogens with zero attached hydrogens (tertiary/aromatic N) is 1. The normalized spacial score (nSPS) is 8.36. The summed E-state index contributed by atoms with van der Waals surface area (Å²) in [6, 6.07) is 6.67. The molecule has 0 heterocycles. The maximum Gasteiger partial charge on any atom is 3.00 e. The van der Waals surface area contributed by atoms with Crippen molar-refractivity contribution >= 4 is 11.4 Å². The van der Waals surface area contributed by atoms with Crippen LogP contribution in [0.4, 0.5) is 11.4 Å². The zero-order chi connectivity index (χ0) is 7.56. The quantitative estimate of drug-likeness (QED) is 0.335. The molecule has 0 unspecified atom stereocenters. The fraction of sp³-hybridized carbons (Fsp3) is 0. The van der Waals surface area contributed by atoms with Crippen molar-refractivity contribution in [3.8, 4) is 0 Å². The van der Waals surface area contributed by atoms with Crippen molar-refractivity contribution in [1.82, 2.24) is 0 Å². The molecule has 0 aliphatic heterocycles.